The number of fused-ring (bicyclic) bond motifs is 1. The van der Waals surface area contributed by atoms with E-state index < -0.39 is 0 Å². The Morgan fingerprint density at radius 2 is 2.24 bits per heavy atom. The van der Waals surface area contributed by atoms with Gasteiger partial charge in [-0.15, -0.1) is 11.3 Å². The minimum Gasteiger partial charge on any atom is -0.309 e. The van der Waals surface area contributed by atoms with Crippen LogP contribution in [0.15, 0.2) is 23.6 Å². The smallest absolute Gasteiger partial charge is 0.0897 e. The molecule has 112 valence electrons. The van der Waals surface area contributed by atoms with E-state index in [0.29, 0.717) is 6.04 Å². The maximum Gasteiger partial charge on any atom is 0.0897 e. The van der Waals surface area contributed by atoms with Crippen LogP contribution in [0.1, 0.15) is 41.7 Å². The van der Waals surface area contributed by atoms with Crippen LogP contribution in [0.5, 0.6) is 0 Å². The van der Waals surface area contributed by atoms with E-state index in [2.05, 4.69) is 48.6 Å². The van der Waals surface area contributed by atoms with Crippen LogP contribution in [0.25, 0.3) is 0 Å². The van der Waals surface area contributed by atoms with Gasteiger partial charge < -0.3 is 5.32 Å². The Hall–Kier alpha value is -0.900. The van der Waals surface area contributed by atoms with Crippen LogP contribution >= 0.6 is 22.9 Å². The number of benzene rings is 1. The number of aromatic nitrogens is 1. The normalized spacial score (nSPS) is 19.7. The molecule has 1 aromatic heterocycles. The molecule has 0 saturated carbocycles. The number of thiazole rings is 1. The van der Waals surface area contributed by atoms with Gasteiger partial charge >= 0.3 is 0 Å². The summed E-state index contributed by atoms with van der Waals surface area (Å²) in [6, 6.07) is 6.66. The Labute approximate surface area is 135 Å². The van der Waals surface area contributed by atoms with Crippen LogP contribution in [0.3, 0.4) is 0 Å². The van der Waals surface area contributed by atoms with Crippen molar-refractivity contribution in [2.75, 3.05) is 6.54 Å². The quantitative estimate of drug-likeness (QED) is 0.893. The number of aryl methyl sites for hydroxylation is 1. The summed E-state index contributed by atoms with van der Waals surface area (Å²) in [6.45, 7) is 7.65. The van der Waals surface area contributed by atoms with Gasteiger partial charge in [0.15, 0.2) is 0 Å². The molecule has 0 aliphatic heterocycles. The zero-order chi connectivity index (χ0) is 15.0. The summed E-state index contributed by atoms with van der Waals surface area (Å²) in [5.41, 5.74) is 4.20. The highest BCUT2D eigenvalue weighted by molar-refractivity contribution is 7.09. The van der Waals surface area contributed by atoms with Crippen LogP contribution in [-0.2, 0) is 12.8 Å². The highest BCUT2D eigenvalue weighted by Gasteiger charge is 2.38. The first-order valence-electron chi connectivity index (χ1n) is 7.38. The minimum absolute atomic E-state index is 0.227. The summed E-state index contributed by atoms with van der Waals surface area (Å²) in [4.78, 5) is 4.53. The fourth-order valence-corrected chi connectivity index (χ4v) is 4.09. The fraction of sp³-hybridized carbons (Fsp3) is 0.471. The van der Waals surface area contributed by atoms with Gasteiger partial charge in [-0.25, -0.2) is 4.98 Å². The molecule has 0 bridgehead atoms. The molecule has 1 heterocycles. The van der Waals surface area contributed by atoms with Crippen molar-refractivity contribution in [2.24, 2.45) is 5.41 Å². The van der Waals surface area contributed by atoms with Gasteiger partial charge in [-0.3, -0.25) is 0 Å². The molecule has 4 heteroatoms. The lowest BCUT2D eigenvalue weighted by Crippen LogP contribution is -2.32. The van der Waals surface area contributed by atoms with Crippen molar-refractivity contribution in [1.29, 1.82) is 0 Å². The van der Waals surface area contributed by atoms with Gasteiger partial charge in [-0.1, -0.05) is 31.5 Å². The molecule has 1 N–H and O–H groups in total. The Kier molecular flexibility index (Phi) is 4.08. The molecule has 0 amide bonds. The number of rotatable bonds is 4. The van der Waals surface area contributed by atoms with Gasteiger partial charge in [-0.05, 0) is 42.0 Å². The molecule has 0 fully saturated rings. The van der Waals surface area contributed by atoms with Crippen molar-refractivity contribution in [3.8, 4) is 0 Å². The number of hydrogen-bond acceptors (Lipinski definition) is 3. The van der Waals surface area contributed by atoms with E-state index in [4.69, 9.17) is 11.6 Å². The molecule has 2 nitrogen and oxygen atoms in total. The predicted octanol–water partition coefficient (Wildman–Crippen LogP) is 4.56. The molecule has 1 aromatic carbocycles. The van der Waals surface area contributed by atoms with Gasteiger partial charge in [0.25, 0.3) is 0 Å². The number of nitrogens with zero attached hydrogens (tertiary/aromatic N) is 1. The van der Waals surface area contributed by atoms with E-state index in [9.17, 15) is 0 Å². The van der Waals surface area contributed by atoms with Gasteiger partial charge in [0.05, 0.1) is 10.7 Å². The number of hydrogen-bond donors (Lipinski definition) is 1. The second-order valence-corrected chi connectivity index (χ2v) is 8.00. The average Bonchev–Trinajstić information content (AvgIpc) is 2.92. The van der Waals surface area contributed by atoms with E-state index in [-0.39, 0.29) is 5.41 Å². The maximum absolute atomic E-state index is 6.18. The number of nitrogens with one attached hydrogen (secondary N) is 1. The van der Waals surface area contributed by atoms with Crippen LogP contribution in [0, 0.1) is 12.3 Å². The summed E-state index contributed by atoms with van der Waals surface area (Å²) in [5, 5.41) is 7.84. The largest absolute Gasteiger partial charge is 0.309 e. The Morgan fingerprint density at radius 3 is 2.95 bits per heavy atom. The second-order valence-electron chi connectivity index (χ2n) is 6.50. The first-order chi connectivity index (χ1) is 9.95. The van der Waals surface area contributed by atoms with Crippen molar-refractivity contribution >= 4 is 22.9 Å². The topological polar surface area (TPSA) is 24.9 Å². The van der Waals surface area contributed by atoms with Crippen molar-refractivity contribution in [2.45, 2.75) is 39.7 Å². The van der Waals surface area contributed by atoms with E-state index in [1.807, 2.05) is 6.07 Å². The van der Waals surface area contributed by atoms with E-state index in [1.54, 1.807) is 11.3 Å². The third-order valence-electron chi connectivity index (χ3n) is 4.24. The third kappa shape index (κ3) is 3.15. The second kappa shape index (κ2) is 5.71. The van der Waals surface area contributed by atoms with Crippen molar-refractivity contribution in [1.82, 2.24) is 10.3 Å². The van der Waals surface area contributed by atoms with Gasteiger partial charge in [0.2, 0.25) is 0 Å². The summed E-state index contributed by atoms with van der Waals surface area (Å²) in [5.74, 6) is 0. The molecule has 0 spiro atoms. The Bertz CT molecular complexity index is 648. The zero-order valence-electron chi connectivity index (χ0n) is 12.7. The zero-order valence-corrected chi connectivity index (χ0v) is 14.3. The molecule has 1 atom stereocenters. The molecule has 2 aromatic rings. The standard InChI is InChI=1S/C17H21ClN2S/c1-11-20-14(10-21-11)6-7-19-16-15-8-13(18)5-4-12(15)9-17(16,2)3/h4-5,8,10,16,19H,6-7,9H2,1-3H3. The summed E-state index contributed by atoms with van der Waals surface area (Å²) in [6.07, 6.45) is 2.08. The molecule has 1 aliphatic rings. The van der Waals surface area contributed by atoms with Crippen molar-refractivity contribution in [3.63, 3.8) is 0 Å². The van der Waals surface area contributed by atoms with E-state index in [1.165, 1.54) is 16.8 Å². The maximum atomic E-state index is 6.18. The molecule has 1 unspecified atom stereocenters. The third-order valence-corrected chi connectivity index (χ3v) is 5.30. The average molecular weight is 321 g/mol. The first kappa shape index (κ1) is 15.0. The summed E-state index contributed by atoms with van der Waals surface area (Å²) in [7, 11) is 0. The SMILES string of the molecule is Cc1nc(CCNC2c3cc(Cl)ccc3CC2(C)C)cs1. The molecule has 0 saturated heterocycles. The van der Waals surface area contributed by atoms with E-state index in [0.717, 1.165) is 29.4 Å². The van der Waals surface area contributed by atoms with Crippen molar-refractivity contribution in [3.05, 3.63) is 50.4 Å². The summed E-state index contributed by atoms with van der Waals surface area (Å²) < 4.78 is 0. The van der Waals surface area contributed by atoms with Crippen molar-refractivity contribution < 1.29 is 0 Å². The highest BCUT2D eigenvalue weighted by atomic mass is 35.5. The molecule has 0 radical (unpaired) electrons. The monoisotopic (exact) mass is 320 g/mol. The van der Waals surface area contributed by atoms with Gasteiger partial charge in [0.1, 0.15) is 0 Å². The molecule has 1 aliphatic carbocycles. The lowest BCUT2D eigenvalue weighted by molar-refractivity contribution is 0.270. The molecule has 21 heavy (non-hydrogen) atoms. The number of halogens is 1. The lowest BCUT2D eigenvalue weighted by atomic mass is 9.85. The summed E-state index contributed by atoms with van der Waals surface area (Å²) >= 11 is 7.90. The molecular weight excluding hydrogens is 300 g/mol. The van der Waals surface area contributed by atoms with Gasteiger partial charge in [0, 0.05) is 29.4 Å². The lowest BCUT2D eigenvalue weighted by Gasteiger charge is -2.28. The highest BCUT2D eigenvalue weighted by Crippen LogP contribution is 2.45. The Balaban J connectivity index is 1.71. The van der Waals surface area contributed by atoms with Crippen LogP contribution in [-0.4, -0.2) is 11.5 Å². The fourth-order valence-electron chi connectivity index (χ4n) is 3.26. The van der Waals surface area contributed by atoms with Crippen LogP contribution < -0.4 is 5.32 Å². The van der Waals surface area contributed by atoms with Gasteiger partial charge in [-0.2, -0.15) is 0 Å². The minimum atomic E-state index is 0.227. The predicted molar refractivity (Wildman–Crippen MR) is 90.2 cm³/mol. The van der Waals surface area contributed by atoms with Crippen LogP contribution in [0.2, 0.25) is 5.02 Å². The van der Waals surface area contributed by atoms with Crippen LogP contribution in [0.4, 0.5) is 0 Å². The van der Waals surface area contributed by atoms with E-state index >= 15 is 0 Å². The molecule has 3 rings (SSSR count). The Morgan fingerprint density at radius 1 is 1.43 bits per heavy atom. The first-order valence-corrected chi connectivity index (χ1v) is 8.64. The molecular formula is C17H21ClN2S.